The number of aromatic nitrogens is 1. The van der Waals surface area contributed by atoms with Gasteiger partial charge in [-0.2, -0.15) is 0 Å². The summed E-state index contributed by atoms with van der Waals surface area (Å²) >= 11 is 0. The lowest BCUT2D eigenvalue weighted by atomic mass is 9.91. The maximum Gasteiger partial charge on any atom is 0.223 e. The van der Waals surface area contributed by atoms with E-state index in [2.05, 4.69) is 107 Å². The SMILES string of the molecule is CCCc1cc(N(CCCN(CC(C)C)C(=O)CC(C)(C)C)Cc2ccc3ccccc3n2)ccc1C. The third-order valence-corrected chi connectivity index (χ3v) is 6.70. The second-order valence-corrected chi connectivity index (χ2v) is 12.1. The van der Waals surface area contributed by atoms with E-state index in [1.807, 2.05) is 6.07 Å². The number of amides is 1. The number of fused-ring (bicyclic) bond motifs is 1. The molecule has 1 aromatic heterocycles. The van der Waals surface area contributed by atoms with Gasteiger partial charge in [0.25, 0.3) is 0 Å². The second-order valence-electron chi connectivity index (χ2n) is 12.1. The van der Waals surface area contributed by atoms with Gasteiger partial charge >= 0.3 is 0 Å². The third-order valence-electron chi connectivity index (χ3n) is 6.70. The first-order valence-electron chi connectivity index (χ1n) is 14.0. The third kappa shape index (κ3) is 8.87. The summed E-state index contributed by atoms with van der Waals surface area (Å²) in [7, 11) is 0. The lowest BCUT2D eigenvalue weighted by Gasteiger charge is -2.30. The highest BCUT2D eigenvalue weighted by Gasteiger charge is 2.22. The van der Waals surface area contributed by atoms with Crippen LogP contribution in [-0.2, 0) is 17.8 Å². The first-order valence-corrected chi connectivity index (χ1v) is 14.0. The fraction of sp³-hybridized carbons (Fsp3) is 0.515. The van der Waals surface area contributed by atoms with Crippen LogP contribution in [0.1, 0.15) is 77.6 Å². The number of para-hydroxylation sites is 1. The van der Waals surface area contributed by atoms with Gasteiger partial charge in [0.05, 0.1) is 17.8 Å². The predicted octanol–water partition coefficient (Wildman–Crippen LogP) is 7.81. The highest BCUT2D eigenvalue weighted by molar-refractivity contribution is 5.78. The molecule has 0 aliphatic rings. The van der Waals surface area contributed by atoms with Gasteiger partial charge in [-0.3, -0.25) is 9.78 Å². The fourth-order valence-corrected chi connectivity index (χ4v) is 4.86. The number of carbonyl (C=O) groups excluding carboxylic acids is 1. The van der Waals surface area contributed by atoms with Crippen LogP contribution < -0.4 is 4.90 Å². The molecule has 0 unspecified atom stereocenters. The largest absolute Gasteiger partial charge is 0.366 e. The predicted molar refractivity (Wildman–Crippen MR) is 158 cm³/mol. The lowest BCUT2D eigenvalue weighted by Crippen LogP contribution is -2.38. The summed E-state index contributed by atoms with van der Waals surface area (Å²) in [6.07, 6.45) is 3.73. The minimum Gasteiger partial charge on any atom is -0.366 e. The van der Waals surface area contributed by atoms with Crippen LogP contribution in [0.3, 0.4) is 0 Å². The van der Waals surface area contributed by atoms with E-state index in [0.29, 0.717) is 12.3 Å². The van der Waals surface area contributed by atoms with E-state index in [1.54, 1.807) is 0 Å². The van der Waals surface area contributed by atoms with Crippen molar-refractivity contribution in [2.24, 2.45) is 11.3 Å². The molecular formula is C33H47N3O. The van der Waals surface area contributed by atoms with Crippen molar-refractivity contribution in [2.75, 3.05) is 24.5 Å². The zero-order chi connectivity index (χ0) is 27.0. The monoisotopic (exact) mass is 501 g/mol. The van der Waals surface area contributed by atoms with E-state index in [-0.39, 0.29) is 11.3 Å². The first kappa shape index (κ1) is 28.7. The summed E-state index contributed by atoms with van der Waals surface area (Å²) in [6.45, 7) is 18.5. The molecule has 2 aromatic carbocycles. The van der Waals surface area contributed by atoms with Gasteiger partial charge in [0.2, 0.25) is 5.91 Å². The molecule has 0 radical (unpaired) electrons. The molecule has 1 amide bonds. The molecule has 0 fully saturated rings. The highest BCUT2D eigenvalue weighted by Crippen LogP contribution is 2.24. The average molecular weight is 502 g/mol. The van der Waals surface area contributed by atoms with Gasteiger partial charge in [0.1, 0.15) is 0 Å². The molecule has 0 saturated carbocycles. The molecule has 0 bridgehead atoms. The molecule has 1 heterocycles. The van der Waals surface area contributed by atoms with Gasteiger partial charge < -0.3 is 9.80 Å². The van der Waals surface area contributed by atoms with Gasteiger partial charge in [0.15, 0.2) is 0 Å². The Hall–Kier alpha value is -2.88. The number of hydrogen-bond donors (Lipinski definition) is 0. The summed E-state index contributed by atoms with van der Waals surface area (Å²) in [5, 5.41) is 1.17. The van der Waals surface area contributed by atoms with E-state index >= 15 is 0 Å². The molecule has 0 aliphatic carbocycles. The summed E-state index contributed by atoms with van der Waals surface area (Å²) in [5.41, 5.74) is 6.10. The Labute approximate surface area is 225 Å². The topological polar surface area (TPSA) is 36.4 Å². The summed E-state index contributed by atoms with van der Waals surface area (Å²) < 4.78 is 0. The van der Waals surface area contributed by atoms with Crippen LogP contribution in [0.15, 0.2) is 54.6 Å². The van der Waals surface area contributed by atoms with E-state index < -0.39 is 0 Å². The molecule has 0 N–H and O–H groups in total. The summed E-state index contributed by atoms with van der Waals surface area (Å²) in [5.74, 6) is 0.722. The number of anilines is 1. The van der Waals surface area contributed by atoms with Gasteiger partial charge in [-0.25, -0.2) is 0 Å². The Balaban J connectivity index is 1.81. The average Bonchev–Trinajstić information content (AvgIpc) is 2.83. The van der Waals surface area contributed by atoms with Crippen molar-refractivity contribution in [1.29, 1.82) is 0 Å². The summed E-state index contributed by atoms with van der Waals surface area (Å²) in [6, 6.07) is 19.5. The normalized spacial score (nSPS) is 11.8. The molecule has 0 aliphatic heterocycles. The van der Waals surface area contributed by atoms with E-state index in [4.69, 9.17) is 4.98 Å². The molecule has 200 valence electrons. The molecule has 0 spiro atoms. The lowest BCUT2D eigenvalue weighted by molar-refractivity contribution is -0.133. The quantitative estimate of drug-likeness (QED) is 0.254. The van der Waals surface area contributed by atoms with Gasteiger partial charge in [-0.1, -0.05) is 78.3 Å². The van der Waals surface area contributed by atoms with Crippen molar-refractivity contribution in [3.8, 4) is 0 Å². The van der Waals surface area contributed by atoms with Crippen molar-refractivity contribution >= 4 is 22.5 Å². The van der Waals surface area contributed by atoms with Crippen LogP contribution in [0, 0.1) is 18.3 Å². The zero-order valence-corrected chi connectivity index (χ0v) is 24.2. The van der Waals surface area contributed by atoms with Crippen molar-refractivity contribution < 1.29 is 4.79 Å². The number of carbonyl (C=O) groups is 1. The maximum absolute atomic E-state index is 13.1. The number of aryl methyl sites for hydroxylation is 2. The molecule has 0 saturated heterocycles. The Morgan fingerprint density at radius 2 is 1.76 bits per heavy atom. The first-order chi connectivity index (χ1) is 17.6. The molecule has 37 heavy (non-hydrogen) atoms. The molecule has 0 atom stereocenters. The highest BCUT2D eigenvalue weighted by atomic mass is 16.2. The van der Waals surface area contributed by atoms with Crippen LogP contribution in [0.2, 0.25) is 0 Å². The number of hydrogen-bond acceptors (Lipinski definition) is 3. The van der Waals surface area contributed by atoms with Gasteiger partial charge in [-0.15, -0.1) is 0 Å². The van der Waals surface area contributed by atoms with Crippen LogP contribution in [-0.4, -0.2) is 35.4 Å². The minimum absolute atomic E-state index is 0.00230. The number of benzene rings is 2. The number of rotatable bonds is 12. The molecule has 3 aromatic rings. The van der Waals surface area contributed by atoms with E-state index in [9.17, 15) is 4.79 Å². The Bertz CT molecular complexity index is 1160. The maximum atomic E-state index is 13.1. The molecule has 4 heteroatoms. The smallest absolute Gasteiger partial charge is 0.223 e. The fourth-order valence-electron chi connectivity index (χ4n) is 4.86. The molecule has 4 nitrogen and oxygen atoms in total. The Kier molecular flexibility index (Phi) is 10.1. The number of nitrogens with zero attached hydrogens (tertiary/aromatic N) is 3. The standard InChI is InChI=1S/C33H47N3O/c1-8-12-28-21-30(18-15-26(28)4)35(24-29-17-16-27-13-9-10-14-31(27)34-29)19-11-20-36(23-25(2)3)32(37)22-33(5,6)7/h9-10,13-18,21,25H,8,11-12,19-20,22-24H2,1-7H3. The van der Waals surface area contributed by atoms with Gasteiger partial charge in [0, 0.05) is 37.1 Å². The Morgan fingerprint density at radius 1 is 1.00 bits per heavy atom. The van der Waals surface area contributed by atoms with Crippen LogP contribution in [0.4, 0.5) is 5.69 Å². The Morgan fingerprint density at radius 3 is 2.46 bits per heavy atom. The zero-order valence-electron chi connectivity index (χ0n) is 24.2. The number of pyridine rings is 1. The summed E-state index contributed by atoms with van der Waals surface area (Å²) in [4.78, 5) is 22.6. The van der Waals surface area contributed by atoms with Crippen LogP contribution in [0.25, 0.3) is 10.9 Å². The minimum atomic E-state index is -0.00230. The van der Waals surface area contributed by atoms with Gasteiger partial charge in [-0.05, 0) is 66.5 Å². The van der Waals surface area contributed by atoms with Crippen molar-refractivity contribution in [3.05, 3.63) is 71.4 Å². The molecule has 3 rings (SSSR count). The van der Waals surface area contributed by atoms with Crippen molar-refractivity contribution in [3.63, 3.8) is 0 Å². The van der Waals surface area contributed by atoms with Crippen molar-refractivity contribution in [2.45, 2.75) is 80.7 Å². The van der Waals surface area contributed by atoms with Crippen LogP contribution >= 0.6 is 0 Å². The van der Waals surface area contributed by atoms with Crippen molar-refractivity contribution in [1.82, 2.24) is 9.88 Å². The molecular weight excluding hydrogens is 454 g/mol. The van der Waals surface area contributed by atoms with Crippen LogP contribution in [0.5, 0.6) is 0 Å². The van der Waals surface area contributed by atoms with E-state index in [0.717, 1.165) is 56.7 Å². The second kappa shape index (κ2) is 13.1. The van der Waals surface area contributed by atoms with E-state index in [1.165, 1.54) is 22.2 Å².